The minimum absolute atomic E-state index is 0.0283. The summed E-state index contributed by atoms with van der Waals surface area (Å²) in [6, 6.07) is 21.0. The van der Waals surface area contributed by atoms with Crippen LogP contribution < -0.4 is 14.2 Å². The molecule has 0 amide bonds. The molecule has 0 aliphatic rings. The molecule has 0 saturated carbocycles. The van der Waals surface area contributed by atoms with Gasteiger partial charge in [-0.05, 0) is 24.7 Å². The lowest BCUT2D eigenvalue weighted by Gasteiger charge is -2.28. The van der Waals surface area contributed by atoms with Crippen LogP contribution in [0.15, 0.2) is 72.9 Å². The van der Waals surface area contributed by atoms with Crippen LogP contribution in [-0.4, -0.2) is 44.0 Å². The molecule has 1 heterocycles. The molecule has 4 rings (SSSR count). The molecule has 0 radical (unpaired) electrons. The van der Waals surface area contributed by atoms with E-state index >= 15 is 0 Å². The standard InChI is InChI=1S/C27H28N2O4/c1-29(17-19-14-15-23(31-2)27(33-4)26(19)32-3)24(18-10-6-5-7-11-18)25(30)21-16-28-22-13-9-8-12-20(21)22/h5-16,24,28H,17H2,1-4H3. The smallest absolute Gasteiger partial charge is 0.203 e. The highest BCUT2D eigenvalue weighted by molar-refractivity contribution is 6.10. The van der Waals surface area contributed by atoms with Gasteiger partial charge in [-0.15, -0.1) is 0 Å². The van der Waals surface area contributed by atoms with Crippen LogP contribution in [0.2, 0.25) is 0 Å². The van der Waals surface area contributed by atoms with Crippen LogP contribution >= 0.6 is 0 Å². The van der Waals surface area contributed by atoms with Gasteiger partial charge in [0.2, 0.25) is 5.75 Å². The predicted molar refractivity (Wildman–Crippen MR) is 129 cm³/mol. The molecule has 33 heavy (non-hydrogen) atoms. The molecule has 0 saturated heterocycles. The van der Waals surface area contributed by atoms with Gasteiger partial charge in [-0.25, -0.2) is 0 Å². The Morgan fingerprint density at radius 2 is 1.58 bits per heavy atom. The molecule has 3 aromatic carbocycles. The van der Waals surface area contributed by atoms with Gasteiger partial charge in [0.1, 0.15) is 0 Å². The first-order valence-electron chi connectivity index (χ1n) is 10.7. The Bertz CT molecular complexity index is 1250. The van der Waals surface area contributed by atoms with E-state index in [2.05, 4.69) is 4.98 Å². The van der Waals surface area contributed by atoms with E-state index in [1.807, 2.05) is 78.7 Å². The number of fused-ring (bicyclic) bond motifs is 1. The first-order valence-corrected chi connectivity index (χ1v) is 10.7. The van der Waals surface area contributed by atoms with Gasteiger partial charge >= 0.3 is 0 Å². The predicted octanol–water partition coefficient (Wildman–Crippen LogP) is 5.25. The lowest BCUT2D eigenvalue weighted by molar-refractivity contribution is 0.0843. The average molecular weight is 445 g/mol. The Balaban J connectivity index is 1.74. The number of nitrogens with one attached hydrogen (secondary N) is 1. The lowest BCUT2D eigenvalue weighted by Crippen LogP contribution is -2.31. The van der Waals surface area contributed by atoms with Crippen molar-refractivity contribution >= 4 is 16.7 Å². The Morgan fingerprint density at radius 3 is 2.27 bits per heavy atom. The number of rotatable bonds is 9. The van der Waals surface area contributed by atoms with Gasteiger partial charge in [0.25, 0.3) is 0 Å². The monoisotopic (exact) mass is 444 g/mol. The summed E-state index contributed by atoms with van der Waals surface area (Å²) in [6.07, 6.45) is 1.80. The van der Waals surface area contributed by atoms with Crippen LogP contribution in [-0.2, 0) is 6.54 Å². The highest BCUT2D eigenvalue weighted by Crippen LogP contribution is 2.41. The molecule has 1 unspecified atom stereocenters. The number of ketones is 1. The maximum absolute atomic E-state index is 13.9. The van der Waals surface area contributed by atoms with Crippen LogP contribution in [0.3, 0.4) is 0 Å². The zero-order valence-electron chi connectivity index (χ0n) is 19.3. The first kappa shape index (κ1) is 22.4. The molecule has 0 aliphatic carbocycles. The largest absolute Gasteiger partial charge is 0.493 e. The SMILES string of the molecule is COc1ccc(CN(C)C(C(=O)c2c[nH]c3ccccc23)c2ccccc2)c(OC)c1OC. The molecule has 4 aromatic rings. The van der Waals surface area contributed by atoms with Crippen molar-refractivity contribution in [3.8, 4) is 17.2 Å². The van der Waals surface area contributed by atoms with Gasteiger partial charge in [-0.1, -0.05) is 54.6 Å². The quantitative estimate of drug-likeness (QED) is 0.357. The number of nitrogens with zero attached hydrogens (tertiary/aromatic N) is 1. The van der Waals surface area contributed by atoms with Crippen LogP contribution in [0.4, 0.5) is 0 Å². The number of methoxy groups -OCH3 is 3. The molecule has 0 fully saturated rings. The number of Topliss-reactive ketones (excluding diaryl/α,β-unsaturated/α-hetero) is 1. The fourth-order valence-corrected chi connectivity index (χ4v) is 4.31. The van der Waals surface area contributed by atoms with Crippen LogP contribution in [0.25, 0.3) is 10.9 Å². The fraction of sp³-hybridized carbons (Fsp3) is 0.222. The summed E-state index contributed by atoms with van der Waals surface area (Å²) < 4.78 is 16.6. The average Bonchev–Trinajstić information content (AvgIpc) is 3.28. The summed E-state index contributed by atoms with van der Waals surface area (Å²) in [5.41, 5.74) is 3.43. The van der Waals surface area contributed by atoms with E-state index in [4.69, 9.17) is 14.2 Å². The zero-order valence-corrected chi connectivity index (χ0v) is 19.3. The molecule has 6 heteroatoms. The molecule has 0 bridgehead atoms. The van der Waals surface area contributed by atoms with E-state index < -0.39 is 6.04 Å². The van der Waals surface area contributed by atoms with Gasteiger partial charge in [0, 0.05) is 34.8 Å². The molecule has 1 atom stereocenters. The van der Waals surface area contributed by atoms with Crippen LogP contribution in [0.5, 0.6) is 17.2 Å². The molecule has 0 aliphatic heterocycles. The number of para-hydroxylation sites is 1. The number of aromatic amines is 1. The van der Waals surface area contributed by atoms with Gasteiger partial charge in [0.05, 0.1) is 27.4 Å². The van der Waals surface area contributed by atoms with Crippen molar-refractivity contribution in [3.63, 3.8) is 0 Å². The van der Waals surface area contributed by atoms with E-state index in [-0.39, 0.29) is 5.78 Å². The van der Waals surface area contributed by atoms with Gasteiger partial charge in [-0.3, -0.25) is 9.69 Å². The Morgan fingerprint density at radius 1 is 0.879 bits per heavy atom. The summed E-state index contributed by atoms with van der Waals surface area (Å²) in [5.74, 6) is 1.75. The molecule has 0 spiro atoms. The second-order valence-electron chi connectivity index (χ2n) is 7.83. The maximum Gasteiger partial charge on any atom is 0.203 e. The van der Waals surface area contributed by atoms with Gasteiger partial charge < -0.3 is 19.2 Å². The number of likely N-dealkylation sites (N-methyl/N-ethyl adjacent to an activating group) is 1. The first-order chi connectivity index (χ1) is 16.1. The van der Waals surface area contributed by atoms with Crippen molar-refractivity contribution in [1.82, 2.24) is 9.88 Å². The van der Waals surface area contributed by atoms with E-state index in [0.717, 1.165) is 22.0 Å². The topological polar surface area (TPSA) is 63.8 Å². The number of benzene rings is 3. The van der Waals surface area contributed by atoms with Crippen molar-refractivity contribution in [1.29, 1.82) is 0 Å². The Hall–Kier alpha value is -3.77. The maximum atomic E-state index is 13.9. The number of H-pyrrole nitrogens is 1. The van der Waals surface area contributed by atoms with E-state index in [0.29, 0.717) is 29.4 Å². The minimum Gasteiger partial charge on any atom is -0.493 e. The minimum atomic E-state index is -0.483. The summed E-state index contributed by atoms with van der Waals surface area (Å²) in [6.45, 7) is 0.469. The van der Waals surface area contributed by atoms with Gasteiger partial charge in [-0.2, -0.15) is 0 Å². The molecule has 6 nitrogen and oxygen atoms in total. The number of hydrogen-bond donors (Lipinski definition) is 1. The van der Waals surface area contributed by atoms with Crippen molar-refractivity contribution in [2.45, 2.75) is 12.6 Å². The number of hydrogen-bond acceptors (Lipinski definition) is 5. The fourth-order valence-electron chi connectivity index (χ4n) is 4.31. The molecule has 1 N–H and O–H groups in total. The normalized spacial score (nSPS) is 12.0. The second-order valence-corrected chi connectivity index (χ2v) is 7.83. The third-order valence-electron chi connectivity index (χ3n) is 5.86. The number of carbonyl (C=O) groups excluding carboxylic acids is 1. The second kappa shape index (κ2) is 9.79. The summed E-state index contributed by atoms with van der Waals surface area (Å²) >= 11 is 0. The molecular weight excluding hydrogens is 416 g/mol. The van der Waals surface area contributed by atoms with Crippen molar-refractivity contribution < 1.29 is 19.0 Å². The third kappa shape index (κ3) is 4.30. The number of aromatic nitrogens is 1. The molecule has 1 aromatic heterocycles. The van der Waals surface area contributed by atoms with Crippen molar-refractivity contribution in [2.75, 3.05) is 28.4 Å². The summed E-state index contributed by atoms with van der Waals surface area (Å²) in [4.78, 5) is 19.1. The highest BCUT2D eigenvalue weighted by Gasteiger charge is 2.29. The van der Waals surface area contributed by atoms with E-state index in [9.17, 15) is 4.79 Å². The number of carbonyl (C=O) groups is 1. The number of ether oxygens (including phenoxy) is 3. The Labute approximate surface area is 193 Å². The van der Waals surface area contributed by atoms with E-state index in [1.165, 1.54) is 0 Å². The van der Waals surface area contributed by atoms with Crippen molar-refractivity contribution in [2.24, 2.45) is 0 Å². The Kier molecular flexibility index (Phi) is 6.66. The molecule has 170 valence electrons. The zero-order chi connectivity index (χ0) is 23.4. The van der Waals surface area contributed by atoms with Gasteiger partial charge in [0.15, 0.2) is 17.3 Å². The summed E-state index contributed by atoms with van der Waals surface area (Å²) in [5, 5.41) is 0.917. The van der Waals surface area contributed by atoms with Crippen molar-refractivity contribution in [3.05, 3.63) is 89.6 Å². The lowest BCUT2D eigenvalue weighted by atomic mass is 9.95. The third-order valence-corrected chi connectivity index (χ3v) is 5.86. The van der Waals surface area contributed by atoms with E-state index in [1.54, 1.807) is 27.5 Å². The molecular formula is C27H28N2O4. The highest BCUT2D eigenvalue weighted by atomic mass is 16.5. The summed E-state index contributed by atoms with van der Waals surface area (Å²) in [7, 11) is 6.72. The van der Waals surface area contributed by atoms with Crippen LogP contribution in [0.1, 0.15) is 27.5 Å². The van der Waals surface area contributed by atoms with Crippen LogP contribution in [0, 0.1) is 0 Å².